The first-order chi connectivity index (χ1) is 9.18. The molecule has 5 rings (SSSR count). The zero-order chi connectivity index (χ0) is 13.0. The molecular weight excluding hydrogens is 242 g/mol. The molecule has 0 aromatic carbocycles. The summed E-state index contributed by atoms with van der Waals surface area (Å²) in [5.41, 5.74) is -0.193. The molecule has 0 aromatic rings. The fraction of sp³-hybridized carbons (Fsp3) is 0.867. The molecule has 5 fully saturated rings. The van der Waals surface area contributed by atoms with Crippen LogP contribution in [0.15, 0.2) is 0 Å². The number of rotatable bonds is 1. The normalized spacial score (nSPS) is 44.7. The van der Waals surface area contributed by atoms with Gasteiger partial charge in [-0.15, -0.1) is 0 Å². The quantitative estimate of drug-likeness (QED) is 0.715. The largest absolute Gasteiger partial charge is 0.378 e. The first-order valence-corrected chi connectivity index (χ1v) is 7.59. The highest BCUT2D eigenvalue weighted by molar-refractivity contribution is 5.91. The number of nitrogens with zero attached hydrogens (tertiary/aromatic N) is 1. The summed E-state index contributed by atoms with van der Waals surface area (Å²) >= 11 is 0. The second-order valence-electron chi connectivity index (χ2n) is 6.93. The van der Waals surface area contributed by atoms with Crippen molar-refractivity contribution in [2.45, 2.75) is 32.1 Å². The molecule has 104 valence electrons. The monoisotopic (exact) mass is 263 g/mol. The minimum Gasteiger partial charge on any atom is -0.378 e. The van der Waals surface area contributed by atoms with Gasteiger partial charge in [-0.3, -0.25) is 9.59 Å². The fourth-order valence-corrected chi connectivity index (χ4v) is 5.11. The summed E-state index contributed by atoms with van der Waals surface area (Å²) in [5, 5.41) is 0. The Labute approximate surface area is 113 Å². The average Bonchev–Trinajstić information content (AvgIpc) is 2.44. The van der Waals surface area contributed by atoms with Crippen molar-refractivity contribution in [3.05, 3.63) is 0 Å². The molecule has 4 aliphatic carbocycles. The maximum atomic E-state index is 12.9. The standard InChI is InChI=1S/C15H21NO3/c17-13-11-5-10-6-12(13)9-15(7-10,8-11)14(18)16-1-3-19-4-2-16/h10-12H,1-9H2/t10?,11-,12-,15?/m1/s1. The van der Waals surface area contributed by atoms with E-state index in [-0.39, 0.29) is 17.3 Å². The second-order valence-corrected chi connectivity index (χ2v) is 6.93. The summed E-state index contributed by atoms with van der Waals surface area (Å²) in [7, 11) is 0. The van der Waals surface area contributed by atoms with Crippen LogP contribution in [0.25, 0.3) is 0 Å². The zero-order valence-electron chi connectivity index (χ0n) is 11.3. The van der Waals surface area contributed by atoms with Gasteiger partial charge >= 0.3 is 0 Å². The third-order valence-electron chi connectivity index (χ3n) is 5.75. The Bertz CT molecular complexity index is 409. The van der Waals surface area contributed by atoms with Crippen LogP contribution in [0.1, 0.15) is 32.1 Å². The van der Waals surface area contributed by atoms with Crippen LogP contribution >= 0.6 is 0 Å². The lowest BCUT2D eigenvalue weighted by molar-refractivity contribution is -0.166. The summed E-state index contributed by atoms with van der Waals surface area (Å²) in [5.74, 6) is 1.79. The summed E-state index contributed by atoms with van der Waals surface area (Å²) in [6.07, 6.45) is 4.79. The molecule has 4 heteroatoms. The lowest BCUT2D eigenvalue weighted by atomic mass is 9.48. The Balaban J connectivity index is 1.60. The third kappa shape index (κ3) is 1.69. The van der Waals surface area contributed by atoms with Gasteiger partial charge in [0.25, 0.3) is 0 Å². The molecule has 5 aliphatic rings. The molecule has 0 radical (unpaired) electrons. The molecule has 2 atom stereocenters. The number of hydrogen-bond acceptors (Lipinski definition) is 3. The van der Waals surface area contributed by atoms with Crippen molar-refractivity contribution in [2.24, 2.45) is 23.2 Å². The van der Waals surface area contributed by atoms with Gasteiger partial charge in [-0.2, -0.15) is 0 Å². The fourth-order valence-electron chi connectivity index (χ4n) is 5.11. The van der Waals surface area contributed by atoms with Gasteiger partial charge in [-0.25, -0.2) is 0 Å². The smallest absolute Gasteiger partial charge is 0.229 e. The van der Waals surface area contributed by atoms with Gasteiger partial charge in [-0.05, 0) is 38.0 Å². The molecule has 19 heavy (non-hydrogen) atoms. The first kappa shape index (κ1) is 11.9. The summed E-state index contributed by atoms with van der Waals surface area (Å²) in [6, 6.07) is 0. The van der Waals surface area contributed by atoms with Gasteiger partial charge in [0.1, 0.15) is 5.78 Å². The number of morpholine rings is 1. The van der Waals surface area contributed by atoms with Gasteiger partial charge in [0.15, 0.2) is 0 Å². The van der Waals surface area contributed by atoms with E-state index in [1.54, 1.807) is 0 Å². The van der Waals surface area contributed by atoms with Crippen LogP contribution in [0.4, 0.5) is 0 Å². The molecule has 1 saturated heterocycles. The van der Waals surface area contributed by atoms with E-state index in [2.05, 4.69) is 0 Å². The number of hydrogen-bond donors (Lipinski definition) is 0. The molecule has 0 unspecified atom stereocenters. The molecule has 1 aliphatic heterocycles. The Morgan fingerprint density at radius 3 is 2.37 bits per heavy atom. The van der Waals surface area contributed by atoms with Crippen molar-refractivity contribution in [3.63, 3.8) is 0 Å². The predicted octanol–water partition coefficient (Wildman–Crippen LogP) is 1.24. The van der Waals surface area contributed by atoms with E-state index in [0.29, 0.717) is 30.8 Å². The van der Waals surface area contributed by atoms with E-state index in [4.69, 9.17) is 4.74 Å². The van der Waals surface area contributed by atoms with Crippen molar-refractivity contribution in [3.8, 4) is 0 Å². The van der Waals surface area contributed by atoms with Crippen LogP contribution in [0.2, 0.25) is 0 Å². The van der Waals surface area contributed by atoms with Crippen molar-refractivity contribution in [2.75, 3.05) is 26.3 Å². The molecule has 0 spiro atoms. The van der Waals surface area contributed by atoms with E-state index in [1.165, 1.54) is 0 Å². The molecule has 4 saturated carbocycles. The predicted molar refractivity (Wildman–Crippen MR) is 68.4 cm³/mol. The molecule has 1 heterocycles. The van der Waals surface area contributed by atoms with Crippen LogP contribution in [0.3, 0.4) is 0 Å². The summed E-state index contributed by atoms with van der Waals surface area (Å²) in [4.78, 5) is 27.1. The third-order valence-corrected chi connectivity index (χ3v) is 5.75. The second kappa shape index (κ2) is 4.05. The molecule has 4 nitrogen and oxygen atoms in total. The van der Waals surface area contributed by atoms with Crippen molar-refractivity contribution >= 4 is 11.7 Å². The number of ketones is 1. The average molecular weight is 263 g/mol. The van der Waals surface area contributed by atoms with Crippen LogP contribution in [-0.4, -0.2) is 42.9 Å². The van der Waals surface area contributed by atoms with Crippen LogP contribution in [0.5, 0.6) is 0 Å². The van der Waals surface area contributed by atoms with E-state index >= 15 is 0 Å². The summed E-state index contributed by atoms with van der Waals surface area (Å²) in [6.45, 7) is 2.79. The highest BCUT2D eigenvalue weighted by atomic mass is 16.5. The van der Waals surface area contributed by atoms with E-state index < -0.39 is 0 Å². The Hall–Kier alpha value is -0.900. The van der Waals surface area contributed by atoms with Gasteiger partial charge in [0, 0.05) is 24.9 Å². The highest BCUT2D eigenvalue weighted by Gasteiger charge is 2.58. The van der Waals surface area contributed by atoms with Gasteiger partial charge in [0.05, 0.1) is 18.6 Å². The van der Waals surface area contributed by atoms with Crippen LogP contribution in [-0.2, 0) is 14.3 Å². The van der Waals surface area contributed by atoms with Gasteiger partial charge < -0.3 is 9.64 Å². The van der Waals surface area contributed by atoms with Gasteiger partial charge in [0.2, 0.25) is 5.91 Å². The molecule has 1 amide bonds. The van der Waals surface area contributed by atoms with Crippen molar-refractivity contribution in [1.29, 1.82) is 0 Å². The summed E-state index contributed by atoms with van der Waals surface area (Å²) < 4.78 is 5.34. The zero-order valence-corrected chi connectivity index (χ0v) is 11.3. The Morgan fingerprint density at radius 1 is 1.11 bits per heavy atom. The minimum atomic E-state index is -0.193. The number of carbonyl (C=O) groups excluding carboxylic acids is 2. The van der Waals surface area contributed by atoms with E-state index in [1.807, 2.05) is 4.90 Å². The molecule has 0 N–H and O–H groups in total. The van der Waals surface area contributed by atoms with Crippen LogP contribution < -0.4 is 0 Å². The number of amides is 1. The molecular formula is C15H21NO3. The first-order valence-electron chi connectivity index (χ1n) is 7.59. The van der Waals surface area contributed by atoms with Gasteiger partial charge in [-0.1, -0.05) is 0 Å². The lowest BCUT2D eigenvalue weighted by Gasteiger charge is -2.55. The number of ether oxygens (including phenoxy) is 1. The Morgan fingerprint density at radius 2 is 1.74 bits per heavy atom. The van der Waals surface area contributed by atoms with Crippen molar-refractivity contribution < 1.29 is 14.3 Å². The number of Topliss-reactive ketones (excluding diaryl/α,β-unsaturated/α-hetero) is 1. The maximum absolute atomic E-state index is 12.9. The number of carbonyl (C=O) groups is 2. The minimum absolute atomic E-state index is 0.191. The maximum Gasteiger partial charge on any atom is 0.229 e. The topological polar surface area (TPSA) is 46.6 Å². The van der Waals surface area contributed by atoms with Crippen molar-refractivity contribution in [1.82, 2.24) is 4.90 Å². The highest BCUT2D eigenvalue weighted by Crippen LogP contribution is 2.59. The van der Waals surface area contributed by atoms with E-state index in [9.17, 15) is 9.59 Å². The lowest BCUT2D eigenvalue weighted by Crippen LogP contribution is -2.59. The Kier molecular flexibility index (Phi) is 2.53. The van der Waals surface area contributed by atoms with E-state index in [0.717, 1.165) is 45.2 Å². The van der Waals surface area contributed by atoms with Crippen LogP contribution in [0, 0.1) is 23.2 Å². The molecule has 0 aromatic heterocycles. The SMILES string of the molecule is O=C1[C@@H]2CC3C[C@@H]1CC(C(=O)N1CCOCC1)(C3)C2. The molecule has 4 bridgehead atoms.